The zero-order chi connectivity index (χ0) is 50.7. The molecule has 22 heteroatoms. The predicted octanol–water partition coefficient (Wildman–Crippen LogP) is 5.01. The number of carbonyl (C=O) groups excluding carboxylic acids is 8. The van der Waals surface area contributed by atoms with E-state index in [1.165, 1.54) is 6.07 Å². The highest BCUT2D eigenvalue weighted by Crippen LogP contribution is 2.41. The lowest BCUT2D eigenvalue weighted by molar-refractivity contribution is -0.146. The van der Waals surface area contributed by atoms with Crippen molar-refractivity contribution in [2.45, 2.75) is 13.3 Å². The molecule has 0 aliphatic carbocycles. The van der Waals surface area contributed by atoms with Crippen LogP contribution in [0.5, 0.6) is 40.2 Å². The van der Waals surface area contributed by atoms with E-state index in [4.69, 9.17) is 66.3 Å². The topological polar surface area (TPSA) is 266 Å². The molecule has 3 rings (SSSR count). The van der Waals surface area contributed by atoms with E-state index < -0.39 is 88.5 Å². The molecule has 0 radical (unpaired) electrons. The van der Waals surface area contributed by atoms with Crippen molar-refractivity contribution in [3.63, 3.8) is 0 Å². The van der Waals surface area contributed by atoms with E-state index in [-0.39, 0.29) is 64.4 Å². The minimum absolute atomic E-state index is 0.0985. The van der Waals surface area contributed by atoms with Crippen molar-refractivity contribution >= 4 is 47.8 Å². The molecule has 0 amide bonds. The fourth-order valence-corrected chi connectivity index (χ4v) is 4.84. The Balaban J connectivity index is 1.85. The molecular formula is C47H44O22. The summed E-state index contributed by atoms with van der Waals surface area (Å²) in [7, 11) is 0. The predicted molar refractivity (Wildman–Crippen MR) is 234 cm³/mol. The van der Waals surface area contributed by atoms with Gasteiger partial charge in [-0.05, 0) is 48.4 Å². The Kier molecular flexibility index (Phi) is 22.3. The van der Waals surface area contributed by atoms with Gasteiger partial charge in [-0.2, -0.15) is 0 Å². The summed E-state index contributed by atoms with van der Waals surface area (Å²) in [6, 6.07) is 9.34. The summed E-state index contributed by atoms with van der Waals surface area (Å²) in [6.45, 7) is 17.0. The third kappa shape index (κ3) is 18.2. The van der Waals surface area contributed by atoms with Gasteiger partial charge >= 0.3 is 47.8 Å². The van der Waals surface area contributed by atoms with Crippen LogP contribution in [0.3, 0.4) is 0 Å². The Morgan fingerprint density at radius 3 is 1.04 bits per heavy atom. The molecule has 0 fully saturated rings. The lowest BCUT2D eigenvalue weighted by Crippen LogP contribution is -2.15. The first-order valence-corrected chi connectivity index (χ1v) is 19.5. The summed E-state index contributed by atoms with van der Waals surface area (Å²) < 4.78 is 73.6. The SMILES string of the molecule is C=CC(=O)OCOc1cc(C(=O)OCCc2ccc(OC(=O)c3cc(OCOC(=O)C=C)c(OCOC(=O)C=C)c(OCOC(=O)C=C)c3)c(C)c2)cc(OCOC(=O)C=C)c1OCOC(=O)C=C. The summed E-state index contributed by atoms with van der Waals surface area (Å²) >= 11 is 0. The highest BCUT2D eigenvalue weighted by molar-refractivity contribution is 5.93. The fraction of sp³-hybridized carbons (Fsp3) is 0.191. The maximum atomic E-state index is 13.6. The van der Waals surface area contributed by atoms with Crippen molar-refractivity contribution in [1.82, 2.24) is 0 Å². The van der Waals surface area contributed by atoms with Crippen LogP contribution in [0, 0.1) is 6.92 Å². The Bertz CT molecular complexity index is 2350. The number of ether oxygens (including phenoxy) is 14. The Morgan fingerprint density at radius 2 is 0.725 bits per heavy atom. The van der Waals surface area contributed by atoms with Crippen LogP contribution in [0.25, 0.3) is 0 Å². The van der Waals surface area contributed by atoms with Crippen LogP contribution < -0.4 is 33.2 Å². The van der Waals surface area contributed by atoms with Crippen LogP contribution >= 0.6 is 0 Å². The van der Waals surface area contributed by atoms with Crippen LogP contribution in [0.1, 0.15) is 31.8 Å². The maximum Gasteiger partial charge on any atom is 0.343 e. The first-order valence-electron chi connectivity index (χ1n) is 19.5. The second-order valence-electron chi connectivity index (χ2n) is 12.6. The third-order valence-corrected chi connectivity index (χ3v) is 8.05. The summed E-state index contributed by atoms with van der Waals surface area (Å²) in [5.74, 6) is -8.42. The summed E-state index contributed by atoms with van der Waals surface area (Å²) in [4.78, 5) is 97.0. The molecule has 3 aromatic carbocycles. The smallest absolute Gasteiger partial charge is 0.343 e. The van der Waals surface area contributed by atoms with E-state index in [0.29, 0.717) is 11.1 Å². The van der Waals surface area contributed by atoms with Gasteiger partial charge in [0.25, 0.3) is 0 Å². The average Bonchev–Trinajstić information content (AvgIpc) is 3.34. The maximum absolute atomic E-state index is 13.6. The van der Waals surface area contributed by atoms with Crippen molar-refractivity contribution in [3.05, 3.63) is 141 Å². The minimum Gasteiger partial charge on any atom is -0.462 e. The van der Waals surface area contributed by atoms with Gasteiger partial charge in [0, 0.05) is 42.9 Å². The molecule has 22 nitrogen and oxygen atoms in total. The molecule has 364 valence electrons. The molecule has 69 heavy (non-hydrogen) atoms. The highest BCUT2D eigenvalue weighted by atomic mass is 16.7. The second kappa shape index (κ2) is 28.5. The molecule has 0 saturated heterocycles. The Hall–Kier alpha value is -9.34. The molecule has 0 aliphatic heterocycles. The normalized spacial score (nSPS) is 9.93. The standard InChI is InChI=1S/C47H44O22/c1-8-38(48)61-23-57-34-19-31(20-35(58-24-62-39(49)9-2)44(34)67-27-65-42(52)12-5)46(54)56-17-16-30-14-15-33(29(7)18-30)69-47(55)32-21-36(59-25-63-40(50)10-3)45(68-28-66-43(53)13-6)37(22-32)60-26-64-41(51)11-4/h8-15,18-22H,1-6,16-17,23-28H2,7H3. The van der Waals surface area contributed by atoms with Gasteiger partial charge < -0.3 is 66.3 Å². The van der Waals surface area contributed by atoms with Crippen molar-refractivity contribution in [2.75, 3.05) is 47.4 Å². The highest BCUT2D eigenvalue weighted by Gasteiger charge is 2.24. The van der Waals surface area contributed by atoms with E-state index in [1.807, 2.05) is 0 Å². The van der Waals surface area contributed by atoms with Gasteiger partial charge in [-0.3, -0.25) is 0 Å². The Morgan fingerprint density at radius 1 is 0.406 bits per heavy atom. The number of hydrogen-bond donors (Lipinski definition) is 0. The average molecular weight is 961 g/mol. The number of esters is 8. The van der Waals surface area contributed by atoms with Crippen LogP contribution in [-0.4, -0.2) is 95.1 Å². The molecule has 0 aliphatic rings. The molecule has 0 atom stereocenters. The van der Waals surface area contributed by atoms with Crippen LogP contribution in [0.2, 0.25) is 0 Å². The number of hydrogen-bond acceptors (Lipinski definition) is 22. The lowest BCUT2D eigenvalue weighted by atomic mass is 10.1. The van der Waals surface area contributed by atoms with Gasteiger partial charge in [0.05, 0.1) is 17.7 Å². The summed E-state index contributed by atoms with van der Waals surface area (Å²) in [5.41, 5.74) is 0.716. The van der Waals surface area contributed by atoms with Crippen LogP contribution in [0.15, 0.2) is 118 Å². The van der Waals surface area contributed by atoms with Gasteiger partial charge in [-0.25, -0.2) is 38.4 Å². The van der Waals surface area contributed by atoms with Crippen molar-refractivity contribution < 1.29 is 105 Å². The zero-order valence-electron chi connectivity index (χ0n) is 36.9. The lowest BCUT2D eigenvalue weighted by Gasteiger charge is -2.18. The molecule has 0 N–H and O–H groups in total. The molecule has 0 aromatic heterocycles. The number of benzene rings is 3. The van der Waals surface area contributed by atoms with Gasteiger partial charge in [-0.15, -0.1) is 0 Å². The van der Waals surface area contributed by atoms with Crippen molar-refractivity contribution in [3.8, 4) is 40.2 Å². The van der Waals surface area contributed by atoms with Crippen molar-refractivity contribution in [1.29, 1.82) is 0 Å². The Labute approximate surface area is 393 Å². The fourth-order valence-electron chi connectivity index (χ4n) is 4.84. The van der Waals surface area contributed by atoms with E-state index in [2.05, 4.69) is 39.5 Å². The molecule has 0 unspecified atom stereocenters. The number of rotatable bonds is 30. The van der Waals surface area contributed by atoms with E-state index in [0.717, 1.165) is 60.7 Å². The minimum atomic E-state index is -0.955. The summed E-state index contributed by atoms with van der Waals surface area (Å²) in [5, 5.41) is 0. The third-order valence-electron chi connectivity index (χ3n) is 8.05. The quantitative estimate of drug-likeness (QED) is 0.0279. The first kappa shape index (κ1) is 54.0. The largest absolute Gasteiger partial charge is 0.462 e. The van der Waals surface area contributed by atoms with Crippen molar-refractivity contribution in [2.24, 2.45) is 0 Å². The second-order valence-corrected chi connectivity index (χ2v) is 12.6. The number of carbonyl (C=O) groups is 8. The molecule has 0 heterocycles. The molecule has 0 saturated carbocycles. The zero-order valence-corrected chi connectivity index (χ0v) is 36.9. The van der Waals surface area contributed by atoms with Gasteiger partial charge in [0.1, 0.15) is 5.75 Å². The number of aryl methyl sites for hydroxylation is 1. The van der Waals surface area contributed by atoms with Gasteiger partial charge in [0.2, 0.25) is 52.3 Å². The molecule has 3 aromatic rings. The molecular weight excluding hydrogens is 916 g/mol. The molecule has 0 spiro atoms. The van der Waals surface area contributed by atoms with E-state index in [1.54, 1.807) is 19.1 Å². The molecule has 0 bridgehead atoms. The summed E-state index contributed by atoms with van der Waals surface area (Å²) in [6.07, 6.45) is 5.42. The van der Waals surface area contributed by atoms with Gasteiger partial charge in [0.15, 0.2) is 23.0 Å². The first-order chi connectivity index (χ1) is 33.2. The van der Waals surface area contributed by atoms with E-state index >= 15 is 0 Å². The van der Waals surface area contributed by atoms with E-state index in [9.17, 15) is 38.4 Å². The van der Waals surface area contributed by atoms with Crippen LogP contribution in [-0.2, 0) is 68.3 Å². The monoisotopic (exact) mass is 960 g/mol. The van der Waals surface area contributed by atoms with Gasteiger partial charge in [-0.1, -0.05) is 51.6 Å². The van der Waals surface area contributed by atoms with Crippen LogP contribution in [0.4, 0.5) is 0 Å².